The van der Waals surface area contributed by atoms with Crippen molar-refractivity contribution in [2.45, 2.75) is 0 Å². The molecule has 136 valence electrons. The van der Waals surface area contributed by atoms with E-state index in [2.05, 4.69) is 15.2 Å². The summed E-state index contributed by atoms with van der Waals surface area (Å²) in [7, 11) is 2.02. The molecular weight excluding hydrogens is 375 g/mol. The van der Waals surface area contributed by atoms with Gasteiger partial charge in [-0.2, -0.15) is 0 Å². The summed E-state index contributed by atoms with van der Waals surface area (Å²) in [5.74, 6) is -0.513. The largest absolute Gasteiger partial charge is 0.335 e. The van der Waals surface area contributed by atoms with Crippen molar-refractivity contribution in [2.24, 2.45) is 0 Å². The van der Waals surface area contributed by atoms with Crippen molar-refractivity contribution in [3.05, 3.63) is 57.8 Å². The van der Waals surface area contributed by atoms with Gasteiger partial charge in [-0.1, -0.05) is 23.2 Å². The topological polar surface area (TPSA) is 65.5 Å². The van der Waals surface area contributed by atoms with Crippen LogP contribution in [-0.2, 0) is 0 Å². The Bertz CT molecular complexity index is 836. The summed E-state index contributed by atoms with van der Waals surface area (Å²) in [5, 5.41) is 3.50. The van der Waals surface area contributed by atoms with Crippen LogP contribution in [0.4, 0.5) is 5.69 Å². The molecular formula is C18H18Cl2N4O2. The molecule has 1 fully saturated rings. The lowest BCUT2D eigenvalue weighted by Crippen LogP contribution is -2.47. The molecule has 0 atom stereocenters. The second kappa shape index (κ2) is 8.03. The first kappa shape index (κ1) is 18.6. The Hall–Kier alpha value is -2.15. The number of aromatic nitrogens is 1. The van der Waals surface area contributed by atoms with Gasteiger partial charge in [-0.15, -0.1) is 0 Å². The number of nitrogens with one attached hydrogen (secondary N) is 1. The first-order valence-corrected chi connectivity index (χ1v) is 8.90. The summed E-state index contributed by atoms with van der Waals surface area (Å²) in [6, 6.07) is 7.90. The van der Waals surface area contributed by atoms with Crippen molar-refractivity contribution >= 4 is 40.7 Å². The number of amides is 2. The Morgan fingerprint density at radius 3 is 2.46 bits per heavy atom. The van der Waals surface area contributed by atoms with E-state index in [4.69, 9.17) is 23.2 Å². The third kappa shape index (κ3) is 4.33. The number of hydrogen-bond acceptors (Lipinski definition) is 4. The molecule has 1 aromatic carbocycles. The number of pyridine rings is 1. The molecule has 1 saturated heterocycles. The molecule has 2 amide bonds. The van der Waals surface area contributed by atoms with Gasteiger partial charge in [0.1, 0.15) is 5.69 Å². The zero-order chi connectivity index (χ0) is 18.7. The van der Waals surface area contributed by atoms with E-state index in [0.29, 0.717) is 34.4 Å². The Balaban J connectivity index is 1.72. The average Bonchev–Trinajstić information content (AvgIpc) is 2.65. The molecule has 26 heavy (non-hydrogen) atoms. The highest BCUT2D eigenvalue weighted by atomic mass is 35.5. The summed E-state index contributed by atoms with van der Waals surface area (Å²) in [5.41, 5.74) is 1.13. The summed E-state index contributed by atoms with van der Waals surface area (Å²) < 4.78 is 0. The average molecular weight is 393 g/mol. The van der Waals surface area contributed by atoms with Crippen LogP contribution in [0, 0.1) is 0 Å². The molecule has 0 spiro atoms. The lowest BCUT2D eigenvalue weighted by molar-refractivity contribution is 0.0658. The first-order valence-electron chi connectivity index (χ1n) is 8.14. The van der Waals surface area contributed by atoms with Gasteiger partial charge in [0.2, 0.25) is 0 Å². The van der Waals surface area contributed by atoms with Crippen molar-refractivity contribution in [2.75, 3.05) is 38.5 Å². The van der Waals surface area contributed by atoms with E-state index in [1.165, 1.54) is 12.3 Å². The van der Waals surface area contributed by atoms with Crippen LogP contribution in [0.5, 0.6) is 0 Å². The Kier molecular flexibility index (Phi) is 5.76. The van der Waals surface area contributed by atoms with Crippen LogP contribution in [0.1, 0.15) is 20.8 Å². The summed E-state index contributed by atoms with van der Waals surface area (Å²) in [6.07, 6.45) is 1.47. The van der Waals surface area contributed by atoms with Crippen molar-refractivity contribution in [1.29, 1.82) is 0 Å². The number of hydrogen-bond donors (Lipinski definition) is 1. The fourth-order valence-corrected chi connectivity index (χ4v) is 2.94. The highest BCUT2D eigenvalue weighted by molar-refractivity contribution is 6.42. The second-order valence-electron chi connectivity index (χ2n) is 6.11. The van der Waals surface area contributed by atoms with Crippen molar-refractivity contribution in [3.63, 3.8) is 0 Å². The molecule has 8 heteroatoms. The van der Waals surface area contributed by atoms with Crippen LogP contribution in [0.2, 0.25) is 10.0 Å². The number of nitrogens with zero attached hydrogens (tertiary/aromatic N) is 3. The minimum atomic E-state index is -0.349. The molecule has 1 N–H and O–H groups in total. The third-order valence-electron chi connectivity index (χ3n) is 4.21. The molecule has 3 rings (SSSR count). The standard InChI is InChI=1S/C18H18Cl2N4O2/c1-23-6-8-24(9-7-23)18(26)16-10-12(4-5-21-16)17(25)22-13-2-3-14(19)15(20)11-13/h2-5,10-11H,6-9H2,1H3,(H,22,25). The van der Waals surface area contributed by atoms with E-state index in [-0.39, 0.29) is 17.5 Å². The lowest BCUT2D eigenvalue weighted by Gasteiger charge is -2.32. The number of likely N-dealkylation sites (N-methyl/N-ethyl adjacent to an activating group) is 1. The van der Waals surface area contributed by atoms with E-state index >= 15 is 0 Å². The highest BCUT2D eigenvalue weighted by Crippen LogP contribution is 2.25. The van der Waals surface area contributed by atoms with E-state index in [9.17, 15) is 9.59 Å². The van der Waals surface area contributed by atoms with E-state index in [1.54, 1.807) is 29.2 Å². The lowest BCUT2D eigenvalue weighted by atomic mass is 10.2. The molecule has 0 saturated carbocycles. The molecule has 1 aliphatic rings. The molecule has 1 aromatic heterocycles. The smallest absolute Gasteiger partial charge is 0.272 e. The number of anilines is 1. The second-order valence-corrected chi connectivity index (χ2v) is 6.92. The van der Waals surface area contributed by atoms with E-state index in [1.807, 2.05) is 7.05 Å². The van der Waals surface area contributed by atoms with Crippen LogP contribution in [-0.4, -0.2) is 59.8 Å². The molecule has 0 bridgehead atoms. The normalized spacial score (nSPS) is 15.0. The third-order valence-corrected chi connectivity index (χ3v) is 4.95. The molecule has 1 aliphatic heterocycles. The maximum atomic E-state index is 12.6. The van der Waals surface area contributed by atoms with Crippen LogP contribution in [0.3, 0.4) is 0 Å². The predicted molar refractivity (Wildman–Crippen MR) is 102 cm³/mol. The number of halogens is 2. The number of carbonyl (C=O) groups excluding carboxylic acids is 2. The van der Waals surface area contributed by atoms with Gasteiger partial charge in [-0.05, 0) is 37.4 Å². The Labute approximate surface area is 161 Å². The summed E-state index contributed by atoms with van der Waals surface area (Å²) >= 11 is 11.8. The fraction of sp³-hybridized carbons (Fsp3) is 0.278. The van der Waals surface area contributed by atoms with Gasteiger partial charge >= 0.3 is 0 Å². The molecule has 0 unspecified atom stereocenters. The monoisotopic (exact) mass is 392 g/mol. The molecule has 2 heterocycles. The number of benzene rings is 1. The number of piperazine rings is 1. The number of carbonyl (C=O) groups is 2. The van der Waals surface area contributed by atoms with Crippen molar-refractivity contribution in [3.8, 4) is 0 Å². The quantitative estimate of drug-likeness (QED) is 0.871. The van der Waals surface area contributed by atoms with Crippen LogP contribution in [0.25, 0.3) is 0 Å². The predicted octanol–water partition coefficient (Wildman–Crippen LogP) is 3.03. The fourth-order valence-electron chi connectivity index (χ4n) is 2.64. The Morgan fingerprint density at radius 2 is 1.77 bits per heavy atom. The van der Waals surface area contributed by atoms with Gasteiger partial charge in [0.05, 0.1) is 10.0 Å². The zero-order valence-corrected chi connectivity index (χ0v) is 15.7. The molecule has 0 radical (unpaired) electrons. The minimum absolute atomic E-state index is 0.165. The van der Waals surface area contributed by atoms with Gasteiger partial charge in [0, 0.05) is 43.6 Å². The van der Waals surface area contributed by atoms with Crippen molar-refractivity contribution < 1.29 is 9.59 Å². The summed E-state index contributed by atoms with van der Waals surface area (Å²) in [4.78, 5) is 33.1. The van der Waals surface area contributed by atoms with Gasteiger partial charge in [0.15, 0.2) is 0 Å². The van der Waals surface area contributed by atoms with E-state index in [0.717, 1.165) is 13.1 Å². The first-order chi connectivity index (χ1) is 12.4. The molecule has 0 aliphatic carbocycles. The SMILES string of the molecule is CN1CCN(C(=O)c2cc(C(=O)Nc3ccc(Cl)c(Cl)c3)ccn2)CC1. The van der Waals surface area contributed by atoms with Crippen molar-refractivity contribution in [1.82, 2.24) is 14.8 Å². The highest BCUT2D eigenvalue weighted by Gasteiger charge is 2.22. The van der Waals surface area contributed by atoms with Crippen LogP contribution >= 0.6 is 23.2 Å². The molecule has 6 nitrogen and oxygen atoms in total. The maximum Gasteiger partial charge on any atom is 0.272 e. The van der Waals surface area contributed by atoms with Gasteiger partial charge < -0.3 is 15.1 Å². The van der Waals surface area contributed by atoms with E-state index < -0.39 is 0 Å². The maximum absolute atomic E-state index is 12.6. The van der Waals surface area contributed by atoms with Gasteiger partial charge in [-0.3, -0.25) is 14.6 Å². The summed E-state index contributed by atoms with van der Waals surface area (Å²) in [6.45, 7) is 2.94. The number of rotatable bonds is 3. The minimum Gasteiger partial charge on any atom is -0.335 e. The van der Waals surface area contributed by atoms with Crippen LogP contribution < -0.4 is 5.32 Å². The van der Waals surface area contributed by atoms with Gasteiger partial charge in [0.25, 0.3) is 11.8 Å². The molecule has 2 aromatic rings. The van der Waals surface area contributed by atoms with Gasteiger partial charge in [-0.25, -0.2) is 0 Å². The van der Waals surface area contributed by atoms with Crippen LogP contribution in [0.15, 0.2) is 36.5 Å². The zero-order valence-electron chi connectivity index (χ0n) is 14.2. The Morgan fingerprint density at radius 1 is 1.04 bits per heavy atom.